The Morgan fingerprint density at radius 1 is 1.38 bits per heavy atom. The van der Waals surface area contributed by atoms with Crippen LogP contribution in [0.1, 0.15) is 43.0 Å². The van der Waals surface area contributed by atoms with Crippen LogP contribution in [0.2, 0.25) is 0 Å². The predicted molar refractivity (Wildman–Crippen MR) is 67.2 cm³/mol. The molecule has 1 aliphatic rings. The first kappa shape index (κ1) is 11.7. The van der Waals surface area contributed by atoms with E-state index in [-0.39, 0.29) is 5.56 Å². The van der Waals surface area contributed by atoms with Gasteiger partial charge in [-0.25, -0.2) is 0 Å². The van der Waals surface area contributed by atoms with Crippen LogP contribution >= 0.6 is 11.6 Å². The zero-order valence-corrected chi connectivity index (χ0v) is 10.5. The van der Waals surface area contributed by atoms with Crippen molar-refractivity contribution in [2.75, 3.05) is 0 Å². The Kier molecular flexibility index (Phi) is 3.70. The van der Waals surface area contributed by atoms with Gasteiger partial charge in [0.2, 0.25) is 0 Å². The van der Waals surface area contributed by atoms with Crippen molar-refractivity contribution in [1.29, 1.82) is 0 Å². The molecule has 0 N–H and O–H groups in total. The largest absolute Gasteiger partial charge is 0.312 e. The predicted octanol–water partition coefficient (Wildman–Crippen LogP) is 2.88. The van der Waals surface area contributed by atoms with Gasteiger partial charge in [-0.05, 0) is 43.7 Å². The SMILES string of the molecule is CCCn1c2c(cc(CCl)c1=O)CCCC2. The number of aromatic nitrogens is 1. The number of nitrogens with zero attached hydrogens (tertiary/aromatic N) is 1. The van der Waals surface area contributed by atoms with Gasteiger partial charge in [0.15, 0.2) is 0 Å². The Labute approximate surface area is 101 Å². The van der Waals surface area contributed by atoms with Crippen LogP contribution in [0.15, 0.2) is 10.9 Å². The summed E-state index contributed by atoms with van der Waals surface area (Å²) in [5.41, 5.74) is 3.48. The van der Waals surface area contributed by atoms with Gasteiger partial charge in [0.1, 0.15) is 0 Å². The lowest BCUT2D eigenvalue weighted by molar-refractivity contribution is 0.562. The van der Waals surface area contributed by atoms with Crippen LogP contribution in [0.3, 0.4) is 0 Å². The van der Waals surface area contributed by atoms with E-state index in [1.807, 2.05) is 10.6 Å². The molecule has 3 heteroatoms. The van der Waals surface area contributed by atoms with E-state index in [0.717, 1.165) is 31.4 Å². The molecule has 1 aromatic rings. The maximum atomic E-state index is 12.1. The Morgan fingerprint density at radius 3 is 2.81 bits per heavy atom. The lowest BCUT2D eigenvalue weighted by Gasteiger charge is -2.21. The molecule has 1 aliphatic carbocycles. The molecule has 88 valence electrons. The van der Waals surface area contributed by atoms with Crippen LogP contribution in [0, 0.1) is 0 Å². The molecule has 0 radical (unpaired) electrons. The van der Waals surface area contributed by atoms with Gasteiger partial charge in [0.05, 0.1) is 5.88 Å². The first-order chi connectivity index (χ1) is 7.77. The lowest BCUT2D eigenvalue weighted by Crippen LogP contribution is -2.29. The third-order valence-electron chi connectivity index (χ3n) is 3.27. The molecule has 16 heavy (non-hydrogen) atoms. The number of alkyl halides is 1. The number of pyridine rings is 1. The molecule has 2 nitrogen and oxygen atoms in total. The Balaban J connectivity index is 2.57. The van der Waals surface area contributed by atoms with Crippen LogP contribution < -0.4 is 5.56 Å². The summed E-state index contributed by atoms with van der Waals surface area (Å²) in [7, 11) is 0. The number of hydrogen-bond donors (Lipinski definition) is 0. The van der Waals surface area contributed by atoms with Gasteiger partial charge in [-0.2, -0.15) is 0 Å². The number of halogens is 1. The molecular weight excluding hydrogens is 222 g/mol. The molecule has 1 aromatic heterocycles. The van der Waals surface area contributed by atoms with Gasteiger partial charge in [0.25, 0.3) is 5.56 Å². The highest BCUT2D eigenvalue weighted by Crippen LogP contribution is 2.21. The lowest BCUT2D eigenvalue weighted by atomic mass is 9.94. The minimum Gasteiger partial charge on any atom is -0.312 e. The molecule has 2 rings (SSSR count). The normalized spacial score (nSPS) is 14.9. The summed E-state index contributed by atoms with van der Waals surface area (Å²) in [5, 5.41) is 0. The zero-order valence-electron chi connectivity index (χ0n) is 9.76. The summed E-state index contributed by atoms with van der Waals surface area (Å²) in [4.78, 5) is 12.1. The minimum atomic E-state index is 0.123. The Hall–Kier alpha value is -0.760. The van der Waals surface area contributed by atoms with Gasteiger partial charge < -0.3 is 4.57 Å². The zero-order chi connectivity index (χ0) is 11.5. The van der Waals surface area contributed by atoms with Crippen LogP contribution in [0.5, 0.6) is 0 Å². The molecule has 0 aliphatic heterocycles. The van der Waals surface area contributed by atoms with Gasteiger partial charge in [-0.15, -0.1) is 11.6 Å². The molecule has 0 fully saturated rings. The van der Waals surface area contributed by atoms with E-state index in [9.17, 15) is 4.79 Å². The summed E-state index contributed by atoms with van der Waals surface area (Å²) in [6, 6.07) is 2.02. The van der Waals surface area contributed by atoms with Crippen molar-refractivity contribution in [2.45, 2.75) is 51.5 Å². The van der Waals surface area contributed by atoms with Crippen molar-refractivity contribution < 1.29 is 0 Å². The fraction of sp³-hybridized carbons (Fsp3) is 0.615. The molecule has 0 bridgehead atoms. The molecule has 0 aromatic carbocycles. The van der Waals surface area contributed by atoms with E-state index in [2.05, 4.69) is 6.92 Å². The standard InChI is InChI=1S/C13H18ClNO/c1-2-7-15-12-6-4-3-5-10(12)8-11(9-14)13(15)16/h8H,2-7,9H2,1H3. The first-order valence-electron chi connectivity index (χ1n) is 6.08. The third kappa shape index (κ3) is 2.03. The molecule has 1 heterocycles. The summed E-state index contributed by atoms with van der Waals surface area (Å²) >= 11 is 5.83. The van der Waals surface area contributed by atoms with E-state index in [1.165, 1.54) is 24.1 Å². The summed E-state index contributed by atoms with van der Waals surface area (Å²) < 4.78 is 1.95. The topological polar surface area (TPSA) is 22.0 Å². The Morgan fingerprint density at radius 2 is 2.12 bits per heavy atom. The van der Waals surface area contributed by atoms with E-state index < -0.39 is 0 Å². The van der Waals surface area contributed by atoms with Crippen molar-refractivity contribution >= 4 is 11.6 Å². The molecular formula is C13H18ClNO. The van der Waals surface area contributed by atoms with Crippen molar-refractivity contribution in [3.8, 4) is 0 Å². The maximum Gasteiger partial charge on any atom is 0.255 e. The average molecular weight is 240 g/mol. The van der Waals surface area contributed by atoms with Gasteiger partial charge in [-0.3, -0.25) is 4.79 Å². The van der Waals surface area contributed by atoms with E-state index >= 15 is 0 Å². The minimum absolute atomic E-state index is 0.123. The highest BCUT2D eigenvalue weighted by Gasteiger charge is 2.16. The highest BCUT2D eigenvalue weighted by molar-refractivity contribution is 6.17. The molecule has 0 saturated carbocycles. The third-order valence-corrected chi connectivity index (χ3v) is 3.55. The summed E-state index contributed by atoms with van der Waals surface area (Å²) in [6.07, 6.45) is 5.59. The second-order valence-electron chi connectivity index (χ2n) is 4.44. The average Bonchev–Trinajstić information content (AvgIpc) is 2.32. The monoisotopic (exact) mass is 239 g/mol. The molecule has 0 atom stereocenters. The molecule has 0 saturated heterocycles. The number of rotatable bonds is 3. The fourth-order valence-corrected chi connectivity index (χ4v) is 2.69. The second kappa shape index (κ2) is 5.05. The van der Waals surface area contributed by atoms with Gasteiger partial charge >= 0.3 is 0 Å². The van der Waals surface area contributed by atoms with Crippen molar-refractivity contribution in [3.63, 3.8) is 0 Å². The quantitative estimate of drug-likeness (QED) is 0.744. The molecule has 0 amide bonds. The number of aryl methyl sites for hydroxylation is 1. The second-order valence-corrected chi connectivity index (χ2v) is 4.71. The van der Waals surface area contributed by atoms with Crippen LogP contribution in [0.4, 0.5) is 0 Å². The summed E-state index contributed by atoms with van der Waals surface area (Å²) in [6.45, 7) is 2.93. The maximum absolute atomic E-state index is 12.1. The van der Waals surface area contributed by atoms with Crippen molar-refractivity contribution in [3.05, 3.63) is 33.2 Å². The molecule has 0 unspecified atom stereocenters. The first-order valence-corrected chi connectivity index (χ1v) is 6.61. The van der Waals surface area contributed by atoms with Gasteiger partial charge in [-0.1, -0.05) is 6.92 Å². The van der Waals surface area contributed by atoms with Crippen molar-refractivity contribution in [1.82, 2.24) is 4.57 Å². The van der Waals surface area contributed by atoms with E-state index in [0.29, 0.717) is 5.88 Å². The fourth-order valence-electron chi connectivity index (χ4n) is 2.50. The number of hydrogen-bond acceptors (Lipinski definition) is 1. The smallest absolute Gasteiger partial charge is 0.255 e. The van der Waals surface area contributed by atoms with Gasteiger partial charge in [0, 0.05) is 17.8 Å². The highest BCUT2D eigenvalue weighted by atomic mass is 35.5. The number of fused-ring (bicyclic) bond motifs is 1. The van der Waals surface area contributed by atoms with Crippen molar-refractivity contribution in [2.24, 2.45) is 0 Å². The van der Waals surface area contributed by atoms with Crippen LogP contribution in [0.25, 0.3) is 0 Å². The van der Waals surface area contributed by atoms with E-state index in [1.54, 1.807) is 0 Å². The van der Waals surface area contributed by atoms with Crippen LogP contribution in [-0.2, 0) is 25.3 Å². The molecule has 0 spiro atoms. The summed E-state index contributed by atoms with van der Waals surface area (Å²) in [5.74, 6) is 0.329. The van der Waals surface area contributed by atoms with Crippen LogP contribution in [-0.4, -0.2) is 4.57 Å². The Bertz CT molecular complexity index is 436. The van der Waals surface area contributed by atoms with E-state index in [4.69, 9.17) is 11.6 Å².